The molecule has 0 atom stereocenters. The number of aromatic nitrogens is 1. The van der Waals surface area contributed by atoms with E-state index in [1.165, 1.54) is 0 Å². The summed E-state index contributed by atoms with van der Waals surface area (Å²) >= 11 is 0. The van der Waals surface area contributed by atoms with Crippen LogP contribution in [0.2, 0.25) is 0 Å². The molecule has 0 aromatic carbocycles. The van der Waals surface area contributed by atoms with Crippen molar-refractivity contribution in [2.75, 3.05) is 0 Å². The van der Waals surface area contributed by atoms with E-state index in [2.05, 4.69) is 4.98 Å². The predicted octanol–water partition coefficient (Wildman–Crippen LogP) is 1.52. The highest BCUT2D eigenvalue weighted by Gasteiger charge is 2.21. The molecular weight excluding hydrogens is 152 g/mol. The van der Waals surface area contributed by atoms with Crippen LogP contribution in [0.5, 0.6) is 0 Å². The maximum Gasteiger partial charge on any atom is 0.125 e. The summed E-state index contributed by atoms with van der Waals surface area (Å²) in [7, 11) is 0. The van der Waals surface area contributed by atoms with Gasteiger partial charge in [-0.15, -0.1) is 0 Å². The highest BCUT2D eigenvalue weighted by Crippen LogP contribution is 2.20. The molecule has 12 heavy (non-hydrogen) atoms. The second-order valence-electron chi connectivity index (χ2n) is 3.29. The van der Waals surface area contributed by atoms with Crippen molar-refractivity contribution >= 4 is 0 Å². The van der Waals surface area contributed by atoms with Crippen LogP contribution in [0.1, 0.15) is 25.2 Å². The first-order chi connectivity index (χ1) is 5.56. The molecule has 0 aliphatic carbocycles. The van der Waals surface area contributed by atoms with Gasteiger partial charge in [0.25, 0.3) is 0 Å². The molecule has 0 unspecified atom stereocenters. The molecule has 0 aliphatic rings. The minimum absolute atomic E-state index is 0.508. The van der Waals surface area contributed by atoms with Gasteiger partial charge in [-0.1, -0.05) is 6.07 Å². The number of rotatable bonds is 2. The Morgan fingerprint density at radius 3 is 2.58 bits per heavy atom. The normalized spacial score (nSPS) is 11.7. The van der Waals surface area contributed by atoms with E-state index >= 15 is 0 Å². The molecule has 1 rings (SSSR count). The van der Waals surface area contributed by atoms with Gasteiger partial charge in [0, 0.05) is 5.69 Å². The van der Waals surface area contributed by atoms with Gasteiger partial charge in [0.1, 0.15) is 5.60 Å². The average molecular weight is 166 g/mol. The Labute approximate surface area is 72.5 Å². The average Bonchev–Trinajstić information content (AvgIpc) is 2.05. The molecule has 0 fully saturated rings. The largest absolute Gasteiger partial charge is 0.292 e. The molecule has 0 amide bonds. The summed E-state index contributed by atoms with van der Waals surface area (Å²) in [6, 6.07) is 5.79. The summed E-state index contributed by atoms with van der Waals surface area (Å²) in [4.78, 5) is 9.13. The van der Waals surface area contributed by atoms with Crippen LogP contribution in [0.4, 0.5) is 0 Å². The lowest BCUT2D eigenvalue weighted by Crippen LogP contribution is -2.26. The monoisotopic (exact) mass is 166 g/mol. The highest BCUT2D eigenvalue weighted by molar-refractivity contribution is 5.15. The molecule has 0 spiro atoms. The van der Waals surface area contributed by atoms with Gasteiger partial charge in [-0.25, -0.2) is 5.90 Å². The molecule has 3 heteroatoms. The molecular formula is C9H14N2O. The number of nitrogens with zero attached hydrogens (tertiary/aromatic N) is 1. The summed E-state index contributed by atoms with van der Waals surface area (Å²) < 4.78 is 0. The van der Waals surface area contributed by atoms with E-state index < -0.39 is 5.60 Å². The first-order valence-corrected chi connectivity index (χ1v) is 3.88. The molecule has 1 aromatic heterocycles. The van der Waals surface area contributed by atoms with Gasteiger partial charge in [-0.2, -0.15) is 0 Å². The molecule has 1 aromatic rings. The molecule has 0 bridgehead atoms. The number of pyridine rings is 1. The summed E-state index contributed by atoms with van der Waals surface area (Å²) in [5.74, 6) is 5.15. The third-order valence-electron chi connectivity index (χ3n) is 1.80. The number of hydrogen-bond acceptors (Lipinski definition) is 3. The molecule has 3 nitrogen and oxygen atoms in total. The zero-order chi connectivity index (χ0) is 9.19. The second-order valence-corrected chi connectivity index (χ2v) is 3.29. The molecule has 0 saturated carbocycles. The summed E-state index contributed by atoms with van der Waals surface area (Å²) in [6.45, 7) is 5.71. The predicted molar refractivity (Wildman–Crippen MR) is 47.3 cm³/mol. The van der Waals surface area contributed by atoms with Crippen molar-refractivity contribution in [3.05, 3.63) is 29.6 Å². The first kappa shape index (κ1) is 9.16. The topological polar surface area (TPSA) is 48.1 Å². The van der Waals surface area contributed by atoms with Crippen molar-refractivity contribution in [1.29, 1.82) is 0 Å². The van der Waals surface area contributed by atoms with Crippen molar-refractivity contribution in [1.82, 2.24) is 4.98 Å². The van der Waals surface area contributed by atoms with E-state index in [-0.39, 0.29) is 0 Å². The lowest BCUT2D eigenvalue weighted by atomic mass is 10.0. The van der Waals surface area contributed by atoms with Crippen molar-refractivity contribution in [2.24, 2.45) is 5.90 Å². The van der Waals surface area contributed by atoms with Crippen LogP contribution in [0.3, 0.4) is 0 Å². The lowest BCUT2D eigenvalue weighted by molar-refractivity contribution is -0.0269. The van der Waals surface area contributed by atoms with Crippen LogP contribution in [0.25, 0.3) is 0 Å². The molecule has 66 valence electrons. The molecule has 1 heterocycles. The van der Waals surface area contributed by atoms with Gasteiger partial charge < -0.3 is 0 Å². The Balaban J connectivity index is 3.03. The van der Waals surface area contributed by atoms with Crippen LogP contribution in [0.15, 0.2) is 18.2 Å². The maximum atomic E-state index is 5.15. The van der Waals surface area contributed by atoms with Gasteiger partial charge >= 0.3 is 0 Å². The van der Waals surface area contributed by atoms with Crippen LogP contribution >= 0.6 is 0 Å². The van der Waals surface area contributed by atoms with E-state index in [1.54, 1.807) is 0 Å². The quantitative estimate of drug-likeness (QED) is 0.677. The Kier molecular flexibility index (Phi) is 2.45. The van der Waals surface area contributed by atoms with E-state index in [0.29, 0.717) is 0 Å². The van der Waals surface area contributed by atoms with Gasteiger partial charge in [0.2, 0.25) is 0 Å². The van der Waals surface area contributed by atoms with Crippen LogP contribution in [-0.2, 0) is 10.4 Å². The van der Waals surface area contributed by atoms with Gasteiger partial charge in [-0.3, -0.25) is 9.82 Å². The first-order valence-electron chi connectivity index (χ1n) is 3.88. The van der Waals surface area contributed by atoms with Crippen molar-refractivity contribution in [3.8, 4) is 0 Å². The lowest BCUT2D eigenvalue weighted by Gasteiger charge is -2.20. The van der Waals surface area contributed by atoms with Gasteiger partial charge in [-0.05, 0) is 32.9 Å². The number of hydrogen-bond donors (Lipinski definition) is 1. The molecule has 2 N–H and O–H groups in total. The fraction of sp³-hybridized carbons (Fsp3) is 0.444. The fourth-order valence-corrected chi connectivity index (χ4v) is 0.939. The van der Waals surface area contributed by atoms with Crippen molar-refractivity contribution < 1.29 is 4.84 Å². The number of aryl methyl sites for hydroxylation is 1. The molecule has 0 saturated heterocycles. The van der Waals surface area contributed by atoms with Crippen molar-refractivity contribution in [2.45, 2.75) is 26.4 Å². The zero-order valence-corrected chi connectivity index (χ0v) is 7.66. The van der Waals surface area contributed by atoms with Gasteiger partial charge in [0.05, 0.1) is 5.69 Å². The van der Waals surface area contributed by atoms with Crippen molar-refractivity contribution in [3.63, 3.8) is 0 Å². The van der Waals surface area contributed by atoms with Crippen LogP contribution in [0, 0.1) is 6.92 Å². The second kappa shape index (κ2) is 3.21. The summed E-state index contributed by atoms with van der Waals surface area (Å²) in [5.41, 5.74) is 1.31. The van der Waals surface area contributed by atoms with E-state index in [9.17, 15) is 0 Å². The highest BCUT2D eigenvalue weighted by atomic mass is 16.6. The van der Waals surface area contributed by atoms with E-state index in [4.69, 9.17) is 10.7 Å². The summed E-state index contributed by atoms with van der Waals surface area (Å²) in [5, 5.41) is 0. The number of nitrogens with two attached hydrogens (primary N) is 1. The Hall–Kier alpha value is -0.930. The summed E-state index contributed by atoms with van der Waals surface area (Å²) in [6.07, 6.45) is 0. The zero-order valence-electron chi connectivity index (χ0n) is 7.66. The smallest absolute Gasteiger partial charge is 0.125 e. The maximum absolute atomic E-state index is 5.15. The minimum Gasteiger partial charge on any atom is -0.292 e. The van der Waals surface area contributed by atoms with E-state index in [0.717, 1.165) is 11.4 Å². The standard InChI is InChI=1S/C9H14N2O/c1-7-5-4-6-8(11-7)9(2,3)12-10/h4-6H,10H2,1-3H3. The Bertz CT molecular complexity index is 271. The SMILES string of the molecule is Cc1cccc(C(C)(C)ON)n1. The Morgan fingerprint density at radius 2 is 2.08 bits per heavy atom. The Morgan fingerprint density at radius 1 is 1.42 bits per heavy atom. The fourth-order valence-electron chi connectivity index (χ4n) is 0.939. The third-order valence-corrected chi connectivity index (χ3v) is 1.80. The van der Waals surface area contributed by atoms with E-state index in [1.807, 2.05) is 39.0 Å². The van der Waals surface area contributed by atoms with Crippen LogP contribution in [-0.4, -0.2) is 4.98 Å². The molecule has 0 radical (unpaired) electrons. The van der Waals surface area contributed by atoms with Gasteiger partial charge in [0.15, 0.2) is 0 Å². The van der Waals surface area contributed by atoms with Crippen LogP contribution < -0.4 is 5.90 Å². The minimum atomic E-state index is -0.508. The third kappa shape index (κ3) is 1.81. The molecule has 0 aliphatic heterocycles.